The summed E-state index contributed by atoms with van der Waals surface area (Å²) < 4.78 is 24.2. The number of Topliss-reactive ketones (excluding diaryl/α,β-unsaturated/α-hetero) is 1. The zero-order valence-electron chi connectivity index (χ0n) is 18.0. The molecule has 4 rings (SSSR count). The van der Waals surface area contributed by atoms with E-state index in [0.717, 1.165) is 4.88 Å². The molecule has 6 nitrogen and oxygen atoms in total. The summed E-state index contributed by atoms with van der Waals surface area (Å²) in [6.45, 7) is 0.127. The van der Waals surface area contributed by atoms with Crippen molar-refractivity contribution in [3.05, 3.63) is 85.3 Å². The number of hydrogen-bond acceptors (Lipinski definition) is 6. The average molecular weight is 522 g/mol. The number of ketones is 1. The molecule has 1 N–H and O–H groups in total. The Bertz CT molecular complexity index is 1290. The van der Waals surface area contributed by atoms with E-state index >= 15 is 0 Å². The molecule has 1 amide bonds. The van der Waals surface area contributed by atoms with Crippen LogP contribution in [0.4, 0.5) is 4.39 Å². The molecule has 1 fully saturated rings. The van der Waals surface area contributed by atoms with Crippen LogP contribution in [0.5, 0.6) is 11.5 Å². The molecule has 1 aliphatic heterocycles. The molecular weight excluding hydrogens is 504 g/mol. The molecule has 3 aromatic rings. The molecule has 0 bridgehead atoms. The number of aliphatic hydroxyl groups excluding tert-OH is 1. The number of nitrogens with zero attached hydrogens (tertiary/aromatic N) is 1. The van der Waals surface area contributed by atoms with Crippen LogP contribution < -0.4 is 9.47 Å². The lowest BCUT2D eigenvalue weighted by Crippen LogP contribution is -2.28. The fourth-order valence-corrected chi connectivity index (χ4v) is 5.29. The van der Waals surface area contributed by atoms with Crippen LogP contribution in [0.3, 0.4) is 0 Å². The lowest BCUT2D eigenvalue weighted by atomic mass is 9.95. The van der Waals surface area contributed by atoms with Gasteiger partial charge in [-0.1, -0.05) is 41.4 Å². The van der Waals surface area contributed by atoms with Crippen molar-refractivity contribution in [2.75, 3.05) is 14.2 Å². The number of benzene rings is 2. The number of carbonyl (C=O) groups is 2. The van der Waals surface area contributed by atoms with Crippen molar-refractivity contribution in [1.82, 2.24) is 4.90 Å². The van der Waals surface area contributed by atoms with Gasteiger partial charge in [0, 0.05) is 4.88 Å². The largest absolute Gasteiger partial charge is 0.507 e. The second-order valence-corrected chi connectivity index (χ2v) is 9.16. The van der Waals surface area contributed by atoms with Gasteiger partial charge in [-0.15, -0.1) is 11.3 Å². The summed E-state index contributed by atoms with van der Waals surface area (Å²) in [5.74, 6) is -2.55. The Kier molecular flexibility index (Phi) is 6.84. The highest BCUT2D eigenvalue weighted by molar-refractivity contribution is 7.09. The van der Waals surface area contributed by atoms with Crippen molar-refractivity contribution in [1.29, 1.82) is 0 Å². The van der Waals surface area contributed by atoms with E-state index in [4.69, 9.17) is 32.7 Å². The second-order valence-electron chi connectivity index (χ2n) is 7.34. The van der Waals surface area contributed by atoms with Crippen LogP contribution in [0.25, 0.3) is 5.76 Å². The van der Waals surface area contributed by atoms with Gasteiger partial charge < -0.3 is 19.5 Å². The molecule has 1 aliphatic rings. The summed E-state index contributed by atoms with van der Waals surface area (Å²) in [5.41, 5.74) is 0.270. The van der Waals surface area contributed by atoms with E-state index in [2.05, 4.69) is 0 Å². The minimum atomic E-state index is -0.980. The third-order valence-corrected chi connectivity index (χ3v) is 6.91. The predicted molar refractivity (Wildman–Crippen MR) is 128 cm³/mol. The number of carbonyl (C=O) groups excluding carboxylic acids is 2. The van der Waals surface area contributed by atoms with Crippen LogP contribution in [-0.2, 0) is 16.1 Å². The monoisotopic (exact) mass is 521 g/mol. The maximum Gasteiger partial charge on any atom is 0.295 e. The van der Waals surface area contributed by atoms with E-state index in [1.807, 2.05) is 17.5 Å². The van der Waals surface area contributed by atoms with Gasteiger partial charge in [0.05, 0.1) is 43.0 Å². The SMILES string of the molecule is COc1c(Cl)cc(/C(O)=C2\C(=O)C(=O)N(Cc3cccs3)C2c2ccc(F)cc2)c(OC)c1Cl. The van der Waals surface area contributed by atoms with Crippen LogP contribution in [0.15, 0.2) is 53.4 Å². The van der Waals surface area contributed by atoms with Crippen molar-refractivity contribution >= 4 is 52.0 Å². The molecular formula is C24H18Cl2FNO5S. The van der Waals surface area contributed by atoms with E-state index < -0.39 is 29.3 Å². The van der Waals surface area contributed by atoms with Crippen molar-refractivity contribution in [3.63, 3.8) is 0 Å². The number of amides is 1. The fourth-order valence-electron chi connectivity index (χ4n) is 3.90. The van der Waals surface area contributed by atoms with E-state index in [-0.39, 0.29) is 39.2 Å². The minimum absolute atomic E-state index is 0.00908. The Morgan fingerprint density at radius 1 is 1.12 bits per heavy atom. The topological polar surface area (TPSA) is 76.1 Å². The first-order chi connectivity index (χ1) is 16.3. The van der Waals surface area contributed by atoms with Crippen LogP contribution in [0.2, 0.25) is 10.0 Å². The molecule has 1 atom stereocenters. The average Bonchev–Trinajstić information content (AvgIpc) is 3.42. The number of likely N-dealkylation sites (tertiary alicyclic amines) is 1. The lowest BCUT2D eigenvalue weighted by molar-refractivity contribution is -0.140. The number of thiophene rings is 1. The molecule has 34 heavy (non-hydrogen) atoms. The Balaban J connectivity index is 1.95. The summed E-state index contributed by atoms with van der Waals surface area (Å²) in [6.07, 6.45) is 0. The van der Waals surface area contributed by atoms with E-state index in [1.165, 1.54) is 60.8 Å². The maximum absolute atomic E-state index is 13.6. The molecule has 2 heterocycles. The summed E-state index contributed by atoms with van der Waals surface area (Å²) in [4.78, 5) is 28.4. The van der Waals surface area contributed by atoms with Crippen LogP contribution in [0, 0.1) is 5.82 Å². The van der Waals surface area contributed by atoms with Crippen LogP contribution in [0.1, 0.15) is 22.0 Å². The molecule has 10 heteroatoms. The van der Waals surface area contributed by atoms with Crippen molar-refractivity contribution in [2.45, 2.75) is 12.6 Å². The summed E-state index contributed by atoms with van der Waals surface area (Å²) in [7, 11) is 2.70. The van der Waals surface area contributed by atoms with Crippen LogP contribution >= 0.6 is 34.5 Å². The highest BCUT2D eigenvalue weighted by atomic mass is 35.5. The zero-order valence-corrected chi connectivity index (χ0v) is 20.3. The summed E-state index contributed by atoms with van der Waals surface area (Å²) >= 11 is 14.1. The molecule has 2 aromatic carbocycles. The van der Waals surface area contributed by atoms with Gasteiger partial charge in [-0.25, -0.2) is 4.39 Å². The lowest BCUT2D eigenvalue weighted by Gasteiger charge is -2.25. The van der Waals surface area contributed by atoms with E-state index in [0.29, 0.717) is 5.56 Å². The number of halogens is 3. The highest BCUT2D eigenvalue weighted by Gasteiger charge is 2.46. The van der Waals surface area contributed by atoms with Gasteiger partial charge in [-0.2, -0.15) is 0 Å². The van der Waals surface area contributed by atoms with Crippen LogP contribution in [-0.4, -0.2) is 35.9 Å². The van der Waals surface area contributed by atoms with Gasteiger partial charge in [0.2, 0.25) is 0 Å². The quantitative estimate of drug-likeness (QED) is 0.250. The molecule has 0 radical (unpaired) electrons. The Hall–Kier alpha value is -3.07. The number of rotatable bonds is 6. The molecule has 1 saturated heterocycles. The third-order valence-electron chi connectivity index (χ3n) is 5.43. The van der Waals surface area contributed by atoms with Gasteiger partial charge in [-0.05, 0) is 35.2 Å². The molecule has 0 aliphatic carbocycles. The Morgan fingerprint density at radius 2 is 1.79 bits per heavy atom. The maximum atomic E-state index is 13.6. The van der Waals surface area contributed by atoms with E-state index in [1.54, 1.807) is 0 Å². The molecule has 176 valence electrons. The first-order valence-corrected chi connectivity index (χ1v) is 11.6. The predicted octanol–water partition coefficient (Wildman–Crippen LogP) is 5.83. The second kappa shape index (κ2) is 9.66. The first-order valence-electron chi connectivity index (χ1n) is 9.95. The summed E-state index contributed by atoms with van der Waals surface area (Å²) in [5, 5.41) is 13.2. The molecule has 1 aromatic heterocycles. The standard InChI is InChI=1S/C24H18Cl2FNO5S/c1-32-22-15(10-16(25)23(33-2)18(22)26)20(29)17-19(12-5-7-13(27)8-6-12)28(24(31)21(17)30)11-14-4-3-9-34-14/h3-10,19,29H,11H2,1-2H3/b20-17+. The molecule has 0 saturated carbocycles. The molecule has 0 spiro atoms. The number of methoxy groups -OCH3 is 2. The zero-order chi connectivity index (χ0) is 24.6. The smallest absolute Gasteiger partial charge is 0.295 e. The number of ether oxygens (including phenoxy) is 2. The highest BCUT2D eigenvalue weighted by Crippen LogP contribution is 2.47. The van der Waals surface area contributed by atoms with Crippen molar-refractivity contribution in [2.24, 2.45) is 0 Å². The van der Waals surface area contributed by atoms with Gasteiger partial charge in [0.25, 0.3) is 11.7 Å². The number of hydrogen-bond donors (Lipinski definition) is 1. The van der Waals surface area contributed by atoms with Gasteiger partial charge in [0.15, 0.2) is 11.5 Å². The van der Waals surface area contributed by atoms with Crippen molar-refractivity contribution < 1.29 is 28.6 Å². The van der Waals surface area contributed by atoms with Crippen molar-refractivity contribution in [3.8, 4) is 11.5 Å². The minimum Gasteiger partial charge on any atom is -0.507 e. The summed E-state index contributed by atoms with van der Waals surface area (Å²) in [6, 6.07) is 9.40. The fraction of sp³-hybridized carbons (Fsp3) is 0.167. The Morgan fingerprint density at radius 3 is 2.38 bits per heavy atom. The first kappa shape index (κ1) is 24.1. The molecule has 1 unspecified atom stereocenters. The van der Waals surface area contributed by atoms with Gasteiger partial charge in [-0.3, -0.25) is 9.59 Å². The third kappa shape index (κ3) is 4.13. The normalized spacial score (nSPS) is 17.3. The van der Waals surface area contributed by atoms with Gasteiger partial charge in [0.1, 0.15) is 16.6 Å². The Labute approximate surface area is 208 Å². The van der Waals surface area contributed by atoms with Gasteiger partial charge >= 0.3 is 0 Å². The number of aliphatic hydroxyl groups is 1. The van der Waals surface area contributed by atoms with E-state index in [9.17, 15) is 19.1 Å².